The van der Waals surface area contributed by atoms with Crippen LogP contribution in [-0.4, -0.2) is 59.7 Å². The molecule has 9 nitrogen and oxygen atoms in total. The Kier molecular flexibility index (Phi) is 7.29. The minimum absolute atomic E-state index is 0.0581. The predicted octanol–water partition coefficient (Wildman–Crippen LogP) is 3.72. The van der Waals surface area contributed by atoms with Gasteiger partial charge in [0.05, 0.1) is 43.4 Å². The number of amides is 2. The number of methoxy groups -OCH3 is 1. The molecule has 39 heavy (non-hydrogen) atoms. The van der Waals surface area contributed by atoms with Crippen molar-refractivity contribution in [1.82, 2.24) is 19.8 Å². The molecule has 0 bridgehead atoms. The van der Waals surface area contributed by atoms with Crippen molar-refractivity contribution in [1.29, 1.82) is 0 Å². The van der Waals surface area contributed by atoms with E-state index >= 15 is 0 Å². The highest BCUT2D eigenvalue weighted by Gasteiger charge is 2.44. The normalized spacial score (nSPS) is 18.0. The van der Waals surface area contributed by atoms with Crippen molar-refractivity contribution in [3.8, 4) is 5.75 Å². The van der Waals surface area contributed by atoms with E-state index < -0.39 is 0 Å². The number of hydrogen-bond donors (Lipinski definition) is 2. The van der Waals surface area contributed by atoms with Gasteiger partial charge in [-0.25, -0.2) is 0 Å². The topological polar surface area (TPSA) is 106 Å². The van der Waals surface area contributed by atoms with Crippen molar-refractivity contribution in [3.05, 3.63) is 63.2 Å². The number of ether oxygens (including phenoxy) is 2. The molecular formula is C30H38N4O5. The molecule has 3 aromatic rings. The molecule has 2 fully saturated rings. The summed E-state index contributed by atoms with van der Waals surface area (Å²) in [7, 11) is 1.52. The van der Waals surface area contributed by atoms with Crippen LogP contribution in [0.5, 0.6) is 5.75 Å². The average Bonchev–Trinajstić information content (AvgIpc) is 3.21. The molecule has 0 radical (unpaired) electrons. The molecule has 1 aromatic carbocycles. The summed E-state index contributed by atoms with van der Waals surface area (Å²) >= 11 is 0. The van der Waals surface area contributed by atoms with Gasteiger partial charge < -0.3 is 29.2 Å². The molecule has 208 valence electrons. The van der Waals surface area contributed by atoms with Gasteiger partial charge >= 0.3 is 0 Å². The van der Waals surface area contributed by atoms with Gasteiger partial charge in [-0.3, -0.25) is 14.4 Å². The van der Waals surface area contributed by atoms with Crippen molar-refractivity contribution in [3.63, 3.8) is 0 Å². The summed E-state index contributed by atoms with van der Waals surface area (Å²) in [4.78, 5) is 43.8. The SMILES string of the molecule is COc1cc(C)[nH]c(=O)c1CNC(=O)c1c(C)n([C@H](C)C2CCN(C(=O)C3(C)COC3)CC2)c2ccccc12. The van der Waals surface area contributed by atoms with E-state index in [1.165, 1.54) is 7.11 Å². The van der Waals surface area contributed by atoms with Crippen LogP contribution in [0.4, 0.5) is 0 Å². The molecule has 0 saturated carbocycles. The molecule has 1 atom stereocenters. The molecule has 5 rings (SSSR count). The number of nitrogens with one attached hydrogen (secondary N) is 2. The van der Waals surface area contributed by atoms with E-state index in [1.54, 1.807) is 13.0 Å². The maximum absolute atomic E-state index is 13.6. The number of aromatic amines is 1. The predicted molar refractivity (Wildman–Crippen MR) is 149 cm³/mol. The van der Waals surface area contributed by atoms with Crippen molar-refractivity contribution < 1.29 is 19.1 Å². The minimum Gasteiger partial charge on any atom is -0.496 e. The molecule has 2 aliphatic heterocycles. The fourth-order valence-electron chi connectivity index (χ4n) is 6.20. The number of aromatic nitrogens is 2. The Morgan fingerprint density at radius 1 is 1.21 bits per heavy atom. The number of rotatable bonds is 7. The van der Waals surface area contributed by atoms with Crippen LogP contribution in [-0.2, 0) is 16.1 Å². The second-order valence-electron chi connectivity index (χ2n) is 11.3. The van der Waals surface area contributed by atoms with Crippen LogP contribution in [0.2, 0.25) is 0 Å². The zero-order valence-corrected chi connectivity index (χ0v) is 23.4. The van der Waals surface area contributed by atoms with E-state index in [0.717, 1.165) is 42.5 Å². The maximum atomic E-state index is 13.6. The van der Waals surface area contributed by atoms with Gasteiger partial charge in [0.1, 0.15) is 5.75 Å². The van der Waals surface area contributed by atoms with Gasteiger partial charge in [0, 0.05) is 41.4 Å². The number of para-hydroxylation sites is 1. The molecule has 0 unspecified atom stereocenters. The molecule has 4 heterocycles. The second kappa shape index (κ2) is 10.5. The van der Waals surface area contributed by atoms with Crippen molar-refractivity contribution in [2.75, 3.05) is 33.4 Å². The van der Waals surface area contributed by atoms with E-state index in [1.807, 2.05) is 36.9 Å². The molecule has 2 saturated heterocycles. The van der Waals surface area contributed by atoms with Crippen LogP contribution in [0.15, 0.2) is 35.1 Å². The Balaban J connectivity index is 1.36. The second-order valence-corrected chi connectivity index (χ2v) is 11.3. The molecule has 0 aliphatic carbocycles. The van der Waals surface area contributed by atoms with Crippen LogP contribution in [0, 0.1) is 25.2 Å². The number of carbonyl (C=O) groups excluding carboxylic acids is 2. The van der Waals surface area contributed by atoms with Crippen LogP contribution >= 0.6 is 0 Å². The molecule has 2 amide bonds. The highest BCUT2D eigenvalue weighted by molar-refractivity contribution is 6.08. The smallest absolute Gasteiger partial charge is 0.256 e. The average molecular weight is 535 g/mol. The van der Waals surface area contributed by atoms with Gasteiger partial charge in [0.15, 0.2) is 0 Å². The van der Waals surface area contributed by atoms with Gasteiger partial charge in [0.25, 0.3) is 11.5 Å². The number of likely N-dealkylation sites (tertiary alicyclic amines) is 1. The van der Waals surface area contributed by atoms with E-state index in [9.17, 15) is 14.4 Å². The summed E-state index contributed by atoms with van der Waals surface area (Å²) in [6.45, 7) is 10.5. The minimum atomic E-state index is -0.374. The largest absolute Gasteiger partial charge is 0.496 e. The summed E-state index contributed by atoms with van der Waals surface area (Å²) < 4.78 is 13.0. The number of fused-ring (bicyclic) bond motifs is 1. The lowest BCUT2D eigenvalue weighted by Gasteiger charge is -2.43. The van der Waals surface area contributed by atoms with Crippen LogP contribution < -0.4 is 15.6 Å². The quantitative estimate of drug-likeness (QED) is 0.481. The lowest BCUT2D eigenvalue weighted by molar-refractivity contribution is -0.170. The van der Waals surface area contributed by atoms with Crippen molar-refractivity contribution in [2.45, 2.75) is 53.1 Å². The first-order valence-electron chi connectivity index (χ1n) is 13.7. The summed E-state index contributed by atoms with van der Waals surface area (Å²) in [5, 5.41) is 3.84. The Labute approximate surface area is 228 Å². The fourth-order valence-corrected chi connectivity index (χ4v) is 6.20. The molecule has 9 heteroatoms. The third-order valence-electron chi connectivity index (χ3n) is 8.53. The number of hydrogen-bond acceptors (Lipinski definition) is 5. The highest BCUT2D eigenvalue weighted by Crippen LogP contribution is 2.37. The lowest BCUT2D eigenvalue weighted by Crippen LogP contribution is -2.55. The Morgan fingerprint density at radius 3 is 2.54 bits per heavy atom. The summed E-state index contributed by atoms with van der Waals surface area (Å²) in [5.74, 6) is 0.798. The number of benzene rings is 1. The Bertz CT molecular complexity index is 1460. The van der Waals surface area contributed by atoms with Crippen LogP contribution in [0.25, 0.3) is 10.9 Å². The Morgan fingerprint density at radius 2 is 1.90 bits per heavy atom. The monoisotopic (exact) mass is 534 g/mol. The van der Waals surface area contributed by atoms with Crippen LogP contribution in [0.3, 0.4) is 0 Å². The molecule has 2 aromatic heterocycles. The first-order valence-corrected chi connectivity index (χ1v) is 13.7. The summed E-state index contributed by atoms with van der Waals surface area (Å²) in [6, 6.07) is 9.86. The van der Waals surface area contributed by atoms with E-state index in [2.05, 4.69) is 27.9 Å². The third kappa shape index (κ3) is 4.84. The fraction of sp³-hybridized carbons (Fsp3) is 0.500. The van der Waals surface area contributed by atoms with Gasteiger partial charge in [0.2, 0.25) is 5.91 Å². The standard InChI is InChI=1S/C30H38N4O5/c1-18-14-25(38-5)23(27(35)32-18)15-31-28(36)26-20(3)34(24-9-7-6-8-22(24)26)19(2)21-10-12-33(13-11-21)29(37)30(4)16-39-17-30/h6-9,14,19,21H,10-13,15-17H2,1-5H3,(H,31,36)(H,32,35)/t19-/m1/s1. The number of pyridine rings is 1. The van der Waals surface area contributed by atoms with Gasteiger partial charge in [-0.1, -0.05) is 18.2 Å². The first kappa shape index (κ1) is 27.0. The number of carbonyl (C=O) groups is 2. The first-order chi connectivity index (χ1) is 18.6. The molecular weight excluding hydrogens is 496 g/mol. The van der Waals surface area contributed by atoms with E-state index in [0.29, 0.717) is 41.7 Å². The Hall–Kier alpha value is -3.59. The molecule has 0 spiro atoms. The van der Waals surface area contributed by atoms with Crippen molar-refractivity contribution in [2.24, 2.45) is 11.3 Å². The maximum Gasteiger partial charge on any atom is 0.256 e. The molecule has 2 N–H and O–H groups in total. The van der Waals surface area contributed by atoms with Gasteiger partial charge in [-0.15, -0.1) is 0 Å². The number of nitrogens with zero attached hydrogens (tertiary/aromatic N) is 2. The van der Waals surface area contributed by atoms with Crippen molar-refractivity contribution >= 4 is 22.7 Å². The summed E-state index contributed by atoms with van der Waals surface area (Å²) in [6.07, 6.45) is 1.82. The highest BCUT2D eigenvalue weighted by atomic mass is 16.5. The lowest BCUT2D eigenvalue weighted by atomic mass is 9.84. The zero-order chi connectivity index (χ0) is 27.9. The number of H-pyrrole nitrogens is 1. The van der Waals surface area contributed by atoms with Gasteiger partial charge in [-0.2, -0.15) is 0 Å². The molecule has 2 aliphatic rings. The summed E-state index contributed by atoms with van der Waals surface area (Å²) in [5.41, 5.74) is 2.95. The van der Waals surface area contributed by atoms with E-state index in [-0.39, 0.29) is 35.4 Å². The van der Waals surface area contributed by atoms with E-state index in [4.69, 9.17) is 9.47 Å². The third-order valence-corrected chi connectivity index (χ3v) is 8.53. The zero-order valence-electron chi connectivity index (χ0n) is 23.4. The number of aryl methyl sites for hydroxylation is 1. The van der Waals surface area contributed by atoms with Gasteiger partial charge in [-0.05, 0) is 58.6 Å². The van der Waals surface area contributed by atoms with Crippen LogP contribution in [0.1, 0.15) is 60.0 Å². The number of piperidine rings is 1.